The summed E-state index contributed by atoms with van der Waals surface area (Å²) in [6.45, 7) is 19.4. The van der Waals surface area contributed by atoms with Crippen molar-refractivity contribution in [3.8, 4) is 0 Å². The van der Waals surface area contributed by atoms with Crippen LogP contribution in [0.1, 0.15) is 78.1 Å². The van der Waals surface area contributed by atoms with E-state index in [1.165, 1.54) is 64.2 Å². The fourth-order valence-corrected chi connectivity index (χ4v) is 11.8. The molecule has 0 radical (unpaired) electrons. The standard InChI is InChI=1S/C26H50O2Si2/c1-9-26(28-30(6,7)8)17-15-24-23-12-10-19-18-20(27-29(3,4)5)11-13-21(19)22(23)14-16-25(24,26)2/h19-24H,9-18H2,1-8H3. The van der Waals surface area contributed by atoms with Crippen LogP contribution < -0.4 is 0 Å². The van der Waals surface area contributed by atoms with E-state index < -0.39 is 16.6 Å². The molecule has 4 saturated carbocycles. The van der Waals surface area contributed by atoms with Gasteiger partial charge in [0, 0.05) is 6.10 Å². The maximum Gasteiger partial charge on any atom is 0.184 e. The van der Waals surface area contributed by atoms with E-state index in [1.54, 1.807) is 0 Å². The van der Waals surface area contributed by atoms with Crippen molar-refractivity contribution in [2.24, 2.45) is 35.0 Å². The summed E-state index contributed by atoms with van der Waals surface area (Å²) in [5, 5.41) is 0. The minimum atomic E-state index is -1.55. The fraction of sp³-hybridized carbons (Fsp3) is 1.00. The molecule has 0 spiro atoms. The van der Waals surface area contributed by atoms with Gasteiger partial charge in [-0.25, -0.2) is 0 Å². The highest BCUT2D eigenvalue weighted by Crippen LogP contribution is 2.67. The molecule has 4 aliphatic carbocycles. The van der Waals surface area contributed by atoms with Gasteiger partial charge in [-0.1, -0.05) is 13.8 Å². The molecule has 8 atom stereocenters. The summed E-state index contributed by atoms with van der Waals surface area (Å²) >= 11 is 0. The molecule has 4 fully saturated rings. The second kappa shape index (κ2) is 7.99. The third-order valence-electron chi connectivity index (χ3n) is 9.79. The summed E-state index contributed by atoms with van der Waals surface area (Å²) in [6, 6.07) is 0. The first-order chi connectivity index (χ1) is 13.9. The summed E-state index contributed by atoms with van der Waals surface area (Å²) in [6.07, 6.45) is 14.5. The number of rotatable bonds is 5. The molecule has 4 heteroatoms. The highest BCUT2D eigenvalue weighted by Gasteiger charge is 2.63. The largest absolute Gasteiger partial charge is 0.415 e. The van der Waals surface area contributed by atoms with Gasteiger partial charge in [-0.2, -0.15) is 0 Å². The lowest BCUT2D eigenvalue weighted by molar-refractivity contribution is -0.126. The first kappa shape index (κ1) is 23.5. The zero-order valence-corrected chi connectivity index (χ0v) is 23.4. The van der Waals surface area contributed by atoms with E-state index in [0.717, 1.165) is 29.6 Å². The van der Waals surface area contributed by atoms with Crippen LogP contribution in [0.3, 0.4) is 0 Å². The van der Waals surface area contributed by atoms with Crippen molar-refractivity contribution in [3.05, 3.63) is 0 Å². The monoisotopic (exact) mass is 450 g/mol. The van der Waals surface area contributed by atoms with Gasteiger partial charge in [0.25, 0.3) is 0 Å². The Hall–Kier alpha value is 0.354. The molecule has 0 aromatic carbocycles. The molecule has 2 nitrogen and oxygen atoms in total. The van der Waals surface area contributed by atoms with E-state index in [-0.39, 0.29) is 5.60 Å². The Morgan fingerprint density at radius 2 is 1.47 bits per heavy atom. The Labute approximate surface area is 189 Å². The Morgan fingerprint density at radius 1 is 0.767 bits per heavy atom. The molecule has 4 rings (SSSR count). The molecule has 0 bridgehead atoms. The van der Waals surface area contributed by atoms with Crippen molar-refractivity contribution in [2.45, 2.75) is 129 Å². The minimum Gasteiger partial charge on any atom is -0.415 e. The topological polar surface area (TPSA) is 18.5 Å². The number of hydrogen-bond acceptors (Lipinski definition) is 2. The minimum absolute atomic E-state index is 0.160. The SMILES string of the molecule is CCC1(O[Si](C)(C)C)CCC2C3CCC4CC(O[Si](C)(C)C)CCC4C3CCC21C. The van der Waals surface area contributed by atoms with Crippen molar-refractivity contribution >= 4 is 16.6 Å². The van der Waals surface area contributed by atoms with Gasteiger partial charge < -0.3 is 8.85 Å². The second-order valence-corrected chi connectivity index (χ2v) is 22.5. The smallest absolute Gasteiger partial charge is 0.184 e. The van der Waals surface area contributed by atoms with Gasteiger partial charge in [-0.15, -0.1) is 0 Å². The Kier molecular flexibility index (Phi) is 6.26. The van der Waals surface area contributed by atoms with Crippen LogP contribution in [0.15, 0.2) is 0 Å². The van der Waals surface area contributed by atoms with E-state index in [0.29, 0.717) is 11.5 Å². The third-order valence-corrected chi connectivity index (χ3v) is 11.8. The van der Waals surface area contributed by atoms with Crippen molar-refractivity contribution in [2.75, 3.05) is 0 Å². The van der Waals surface area contributed by atoms with Crippen molar-refractivity contribution in [3.63, 3.8) is 0 Å². The van der Waals surface area contributed by atoms with Gasteiger partial charge in [0.2, 0.25) is 0 Å². The van der Waals surface area contributed by atoms with Crippen LogP contribution in [0.4, 0.5) is 0 Å². The van der Waals surface area contributed by atoms with Crippen LogP contribution in [-0.2, 0) is 8.85 Å². The lowest BCUT2D eigenvalue weighted by Crippen LogP contribution is -2.57. The summed E-state index contributed by atoms with van der Waals surface area (Å²) in [5.41, 5.74) is 0.570. The molecule has 0 aromatic heterocycles. The molecule has 0 aromatic rings. The van der Waals surface area contributed by atoms with Crippen LogP contribution in [0.25, 0.3) is 0 Å². The van der Waals surface area contributed by atoms with E-state index >= 15 is 0 Å². The average molecular weight is 451 g/mol. The highest BCUT2D eigenvalue weighted by atomic mass is 28.4. The molecular formula is C26H50O2Si2. The highest BCUT2D eigenvalue weighted by molar-refractivity contribution is 6.70. The van der Waals surface area contributed by atoms with Crippen LogP contribution in [0, 0.1) is 35.0 Å². The number of fused-ring (bicyclic) bond motifs is 5. The molecule has 4 aliphatic rings. The van der Waals surface area contributed by atoms with Gasteiger partial charge >= 0.3 is 0 Å². The van der Waals surface area contributed by atoms with E-state index in [2.05, 4.69) is 53.1 Å². The summed E-state index contributed by atoms with van der Waals surface area (Å²) in [7, 11) is -2.96. The van der Waals surface area contributed by atoms with Gasteiger partial charge in [0.05, 0.1) is 5.60 Å². The molecule has 0 heterocycles. The van der Waals surface area contributed by atoms with Crippen molar-refractivity contribution < 1.29 is 8.85 Å². The molecule has 0 saturated heterocycles. The molecular weight excluding hydrogens is 400 g/mol. The second-order valence-electron chi connectivity index (χ2n) is 13.7. The van der Waals surface area contributed by atoms with Gasteiger partial charge in [-0.05, 0) is 138 Å². The third kappa shape index (κ3) is 4.17. The predicted molar refractivity (Wildman–Crippen MR) is 133 cm³/mol. The van der Waals surface area contributed by atoms with Gasteiger partial charge in [0.1, 0.15) is 0 Å². The van der Waals surface area contributed by atoms with Crippen molar-refractivity contribution in [1.82, 2.24) is 0 Å². The lowest BCUT2D eigenvalue weighted by atomic mass is 9.49. The summed E-state index contributed by atoms with van der Waals surface area (Å²) < 4.78 is 13.6. The fourth-order valence-electron chi connectivity index (χ4n) is 8.92. The first-order valence-corrected chi connectivity index (χ1v) is 20.1. The predicted octanol–water partition coefficient (Wildman–Crippen LogP) is 7.86. The zero-order valence-electron chi connectivity index (χ0n) is 21.4. The van der Waals surface area contributed by atoms with E-state index in [1.807, 2.05) is 0 Å². The van der Waals surface area contributed by atoms with Crippen LogP contribution in [0.5, 0.6) is 0 Å². The Morgan fingerprint density at radius 3 is 2.10 bits per heavy atom. The number of hydrogen-bond donors (Lipinski definition) is 0. The van der Waals surface area contributed by atoms with Crippen LogP contribution in [0.2, 0.25) is 39.3 Å². The molecule has 0 N–H and O–H groups in total. The quantitative estimate of drug-likeness (QED) is 0.397. The van der Waals surface area contributed by atoms with E-state index in [4.69, 9.17) is 8.85 Å². The molecule has 30 heavy (non-hydrogen) atoms. The van der Waals surface area contributed by atoms with Crippen molar-refractivity contribution in [1.29, 1.82) is 0 Å². The van der Waals surface area contributed by atoms with Crippen LogP contribution in [-0.4, -0.2) is 28.3 Å². The summed E-state index contributed by atoms with van der Waals surface area (Å²) in [4.78, 5) is 0. The van der Waals surface area contributed by atoms with Gasteiger partial charge in [0.15, 0.2) is 16.6 Å². The van der Waals surface area contributed by atoms with Crippen LogP contribution >= 0.6 is 0 Å². The van der Waals surface area contributed by atoms with E-state index in [9.17, 15) is 0 Å². The zero-order chi connectivity index (χ0) is 21.9. The maximum atomic E-state index is 7.08. The normalized spacial score (nSPS) is 46.8. The molecule has 0 amide bonds. The molecule has 174 valence electrons. The average Bonchev–Trinajstić information content (AvgIpc) is 2.91. The Balaban J connectivity index is 1.49. The Bertz CT molecular complexity index is 624. The lowest BCUT2D eigenvalue weighted by Gasteiger charge is -2.59. The first-order valence-electron chi connectivity index (χ1n) is 13.3. The molecule has 8 unspecified atom stereocenters. The maximum absolute atomic E-state index is 7.08. The summed E-state index contributed by atoms with van der Waals surface area (Å²) in [5.74, 6) is 4.81. The van der Waals surface area contributed by atoms with Gasteiger partial charge in [-0.3, -0.25) is 0 Å². The molecule has 0 aliphatic heterocycles.